The van der Waals surface area contributed by atoms with Crippen molar-refractivity contribution in [1.29, 1.82) is 0 Å². The van der Waals surface area contributed by atoms with Gasteiger partial charge in [-0.25, -0.2) is 0 Å². The van der Waals surface area contributed by atoms with Crippen molar-refractivity contribution in [3.8, 4) is 0 Å². The van der Waals surface area contributed by atoms with E-state index in [1.165, 1.54) is 7.11 Å². The summed E-state index contributed by atoms with van der Waals surface area (Å²) in [6.07, 6.45) is 0. The van der Waals surface area contributed by atoms with Gasteiger partial charge in [-0.1, -0.05) is 0 Å². The van der Waals surface area contributed by atoms with Crippen molar-refractivity contribution in [3.63, 3.8) is 0 Å². The number of aliphatic hydroxyl groups excluding tert-OH is 1. The summed E-state index contributed by atoms with van der Waals surface area (Å²) >= 11 is 0. The van der Waals surface area contributed by atoms with E-state index in [0.717, 1.165) is 0 Å². The van der Waals surface area contributed by atoms with E-state index in [4.69, 9.17) is 9.84 Å². The number of hydrogen-bond donors (Lipinski definition) is 2. The minimum atomic E-state index is -0.601. The fourth-order valence-corrected chi connectivity index (χ4v) is 1.13. The third kappa shape index (κ3) is 5.11. The molecule has 1 unspecified atom stereocenters. The number of carbonyl (C=O) groups is 1. The highest BCUT2D eigenvalue weighted by Crippen LogP contribution is 2.15. The van der Waals surface area contributed by atoms with Gasteiger partial charge in [0.05, 0.1) is 31.8 Å². The normalized spacial score (nSPS) is 13.7. The highest BCUT2D eigenvalue weighted by molar-refractivity contribution is 5.76. The van der Waals surface area contributed by atoms with Crippen molar-refractivity contribution in [1.82, 2.24) is 5.32 Å². The quantitative estimate of drug-likeness (QED) is 0.580. The summed E-state index contributed by atoms with van der Waals surface area (Å²) in [7, 11) is 2.93. The molecule has 5 heteroatoms. The van der Waals surface area contributed by atoms with Crippen LogP contribution < -0.4 is 5.32 Å². The van der Waals surface area contributed by atoms with Gasteiger partial charge in [0, 0.05) is 13.7 Å². The average molecular weight is 219 g/mol. The van der Waals surface area contributed by atoms with Crippen LogP contribution in [0.5, 0.6) is 0 Å². The molecule has 0 aliphatic carbocycles. The lowest BCUT2D eigenvalue weighted by Gasteiger charge is -2.24. The van der Waals surface area contributed by atoms with Gasteiger partial charge in [0.25, 0.3) is 0 Å². The first-order valence-corrected chi connectivity index (χ1v) is 4.89. The molecule has 5 nitrogen and oxygen atoms in total. The molecule has 0 rings (SSSR count). The Kier molecular flexibility index (Phi) is 6.47. The van der Waals surface area contributed by atoms with Crippen LogP contribution in [0, 0.1) is 5.41 Å². The van der Waals surface area contributed by atoms with E-state index in [-0.39, 0.29) is 18.6 Å². The van der Waals surface area contributed by atoms with E-state index in [2.05, 4.69) is 10.1 Å². The fourth-order valence-electron chi connectivity index (χ4n) is 1.13. The number of methoxy groups -OCH3 is 2. The second-order valence-corrected chi connectivity index (χ2v) is 4.09. The van der Waals surface area contributed by atoms with Crippen LogP contribution in [0.15, 0.2) is 0 Å². The Hall–Kier alpha value is -0.650. The van der Waals surface area contributed by atoms with Crippen LogP contribution in [-0.4, -0.2) is 51.1 Å². The average Bonchev–Trinajstić information content (AvgIpc) is 2.22. The van der Waals surface area contributed by atoms with Crippen LogP contribution in [-0.2, 0) is 14.3 Å². The lowest BCUT2D eigenvalue weighted by atomic mass is 9.93. The van der Waals surface area contributed by atoms with Crippen LogP contribution in [0.4, 0.5) is 0 Å². The molecule has 0 heterocycles. The molecule has 1 atom stereocenters. The van der Waals surface area contributed by atoms with Crippen molar-refractivity contribution in [2.75, 3.05) is 34.0 Å². The predicted octanol–water partition coefficient (Wildman–Crippen LogP) is -0.217. The summed E-state index contributed by atoms with van der Waals surface area (Å²) in [6, 6.07) is -0.154. The Morgan fingerprint density at radius 1 is 1.47 bits per heavy atom. The number of hydrogen-bond acceptors (Lipinski definition) is 5. The molecule has 15 heavy (non-hydrogen) atoms. The SMILES string of the molecule is COCC(CO)NCC(C)(C)C(=O)OC. The first-order valence-electron chi connectivity index (χ1n) is 4.89. The summed E-state index contributed by atoms with van der Waals surface area (Å²) in [6.45, 7) is 4.40. The van der Waals surface area contributed by atoms with Crippen LogP contribution in [0.25, 0.3) is 0 Å². The molecule has 0 aliphatic heterocycles. The third-order valence-corrected chi connectivity index (χ3v) is 2.16. The summed E-state index contributed by atoms with van der Waals surface area (Å²) in [5.74, 6) is -0.274. The molecular weight excluding hydrogens is 198 g/mol. The zero-order valence-electron chi connectivity index (χ0n) is 9.87. The molecule has 0 bridgehead atoms. The molecule has 0 fully saturated rings. The Morgan fingerprint density at radius 3 is 2.47 bits per heavy atom. The van der Waals surface area contributed by atoms with E-state index in [1.807, 2.05) is 0 Å². The number of rotatable bonds is 7. The van der Waals surface area contributed by atoms with E-state index >= 15 is 0 Å². The Balaban J connectivity index is 4.05. The standard InChI is InChI=1S/C10H21NO4/c1-10(2,9(13)15-4)7-11-8(5-12)6-14-3/h8,11-12H,5-7H2,1-4H3. The van der Waals surface area contributed by atoms with Gasteiger partial charge in [0.1, 0.15) is 0 Å². The molecule has 2 N–H and O–H groups in total. The van der Waals surface area contributed by atoms with Gasteiger partial charge in [-0.3, -0.25) is 4.79 Å². The van der Waals surface area contributed by atoms with E-state index in [1.54, 1.807) is 21.0 Å². The second-order valence-electron chi connectivity index (χ2n) is 4.09. The zero-order chi connectivity index (χ0) is 11.9. The highest BCUT2D eigenvalue weighted by atomic mass is 16.5. The smallest absolute Gasteiger partial charge is 0.312 e. The zero-order valence-corrected chi connectivity index (χ0v) is 9.87. The lowest BCUT2D eigenvalue weighted by Crippen LogP contribution is -2.44. The predicted molar refractivity (Wildman–Crippen MR) is 56.5 cm³/mol. The highest BCUT2D eigenvalue weighted by Gasteiger charge is 2.29. The summed E-state index contributed by atoms with van der Waals surface area (Å²) < 4.78 is 9.58. The number of ether oxygens (including phenoxy) is 2. The van der Waals surface area contributed by atoms with Gasteiger partial charge < -0.3 is 19.9 Å². The minimum Gasteiger partial charge on any atom is -0.469 e. The molecule has 0 saturated heterocycles. The minimum absolute atomic E-state index is 0.0227. The van der Waals surface area contributed by atoms with Gasteiger partial charge in [-0.2, -0.15) is 0 Å². The van der Waals surface area contributed by atoms with Gasteiger partial charge in [0.2, 0.25) is 0 Å². The second kappa shape index (κ2) is 6.76. The summed E-state index contributed by atoms with van der Waals surface area (Å²) in [5.41, 5.74) is -0.601. The molecule has 0 amide bonds. The molecule has 0 aromatic rings. The van der Waals surface area contributed by atoms with E-state index < -0.39 is 5.41 Å². The van der Waals surface area contributed by atoms with Crippen molar-refractivity contribution in [3.05, 3.63) is 0 Å². The summed E-state index contributed by atoms with van der Waals surface area (Å²) in [5, 5.41) is 12.0. The van der Waals surface area contributed by atoms with Gasteiger partial charge >= 0.3 is 5.97 Å². The number of esters is 1. The van der Waals surface area contributed by atoms with Crippen molar-refractivity contribution in [2.45, 2.75) is 19.9 Å². The number of aliphatic hydroxyl groups is 1. The molecule has 0 radical (unpaired) electrons. The topological polar surface area (TPSA) is 67.8 Å². The molecule has 90 valence electrons. The molecule has 0 aliphatic rings. The van der Waals surface area contributed by atoms with E-state index in [0.29, 0.717) is 13.2 Å². The monoisotopic (exact) mass is 219 g/mol. The van der Waals surface area contributed by atoms with Crippen molar-refractivity contribution < 1.29 is 19.4 Å². The largest absolute Gasteiger partial charge is 0.469 e. The third-order valence-electron chi connectivity index (χ3n) is 2.16. The fraction of sp³-hybridized carbons (Fsp3) is 0.900. The first kappa shape index (κ1) is 14.3. The van der Waals surface area contributed by atoms with Crippen LogP contribution >= 0.6 is 0 Å². The van der Waals surface area contributed by atoms with Crippen LogP contribution in [0.1, 0.15) is 13.8 Å². The maximum atomic E-state index is 11.3. The first-order chi connectivity index (χ1) is 6.97. The van der Waals surface area contributed by atoms with Crippen LogP contribution in [0.3, 0.4) is 0 Å². The van der Waals surface area contributed by atoms with Crippen molar-refractivity contribution in [2.24, 2.45) is 5.41 Å². The molecular formula is C10H21NO4. The number of nitrogens with one attached hydrogen (secondary N) is 1. The Bertz CT molecular complexity index is 194. The van der Waals surface area contributed by atoms with Gasteiger partial charge in [-0.05, 0) is 13.8 Å². The Morgan fingerprint density at radius 2 is 2.07 bits per heavy atom. The molecule has 0 aromatic carbocycles. The number of carbonyl (C=O) groups excluding carboxylic acids is 1. The van der Waals surface area contributed by atoms with Crippen molar-refractivity contribution >= 4 is 5.97 Å². The van der Waals surface area contributed by atoms with E-state index in [9.17, 15) is 4.79 Å². The maximum absolute atomic E-state index is 11.3. The molecule has 0 aromatic heterocycles. The van der Waals surface area contributed by atoms with Gasteiger partial charge in [0.15, 0.2) is 0 Å². The lowest BCUT2D eigenvalue weighted by molar-refractivity contribution is -0.150. The maximum Gasteiger partial charge on any atom is 0.312 e. The van der Waals surface area contributed by atoms with Crippen LogP contribution in [0.2, 0.25) is 0 Å². The Labute approximate surface area is 90.8 Å². The van der Waals surface area contributed by atoms with Gasteiger partial charge in [-0.15, -0.1) is 0 Å². The molecule has 0 spiro atoms. The summed E-state index contributed by atoms with van der Waals surface area (Å²) in [4.78, 5) is 11.3. The molecule has 0 saturated carbocycles.